The molecule has 0 spiro atoms. The molecule has 1 aromatic carbocycles. The number of rotatable bonds is 4. The maximum atomic E-state index is 13.5. The summed E-state index contributed by atoms with van der Waals surface area (Å²) < 4.78 is 19.8. The topological polar surface area (TPSA) is 68.6 Å². The normalized spacial score (nSPS) is 15.6. The van der Waals surface area contributed by atoms with Gasteiger partial charge in [0.1, 0.15) is 12.4 Å². The molecular weight excluding hydrogens is 407 g/mol. The van der Waals surface area contributed by atoms with Gasteiger partial charge in [0.2, 0.25) is 0 Å². The molecule has 2 amide bonds. The van der Waals surface area contributed by atoms with Crippen molar-refractivity contribution in [2.24, 2.45) is 0 Å². The van der Waals surface area contributed by atoms with Crippen LogP contribution >= 0.6 is 23.4 Å². The highest BCUT2D eigenvalue weighted by molar-refractivity contribution is 8.18. The molecule has 1 aliphatic heterocycles. The first-order valence-electron chi connectivity index (χ1n) is 8.19. The highest BCUT2D eigenvalue weighted by atomic mass is 35.5. The van der Waals surface area contributed by atoms with E-state index in [4.69, 9.17) is 11.6 Å². The van der Waals surface area contributed by atoms with Gasteiger partial charge in [-0.25, -0.2) is 4.39 Å². The molecule has 2 heterocycles. The molecule has 6 nitrogen and oxygen atoms in total. The first kappa shape index (κ1) is 20.2. The predicted octanol–water partition coefficient (Wildman–Crippen LogP) is 4.10. The lowest BCUT2D eigenvalue weighted by Crippen LogP contribution is -2.34. The zero-order chi connectivity index (χ0) is 20.6. The Morgan fingerprint density at radius 1 is 1.29 bits per heavy atom. The van der Waals surface area contributed by atoms with Crippen LogP contribution in [0.5, 0.6) is 0 Å². The van der Waals surface area contributed by atoms with Crippen molar-refractivity contribution in [2.75, 3.05) is 13.7 Å². The first-order chi connectivity index (χ1) is 13.2. The number of carbonyl (C=O) groups excluding carboxylic acids is 3. The Morgan fingerprint density at radius 2 is 2.00 bits per heavy atom. The third kappa shape index (κ3) is 3.70. The minimum atomic E-state index is -0.671. The fourth-order valence-electron chi connectivity index (χ4n) is 2.93. The number of carbonyl (C=O) groups is 3. The van der Waals surface area contributed by atoms with Gasteiger partial charge < -0.3 is 9.30 Å². The van der Waals surface area contributed by atoms with E-state index in [9.17, 15) is 18.8 Å². The van der Waals surface area contributed by atoms with Gasteiger partial charge in [0.15, 0.2) is 0 Å². The van der Waals surface area contributed by atoms with E-state index in [2.05, 4.69) is 4.74 Å². The summed E-state index contributed by atoms with van der Waals surface area (Å²) in [6.07, 6.45) is 1.60. The van der Waals surface area contributed by atoms with E-state index in [0.29, 0.717) is 5.69 Å². The molecule has 28 heavy (non-hydrogen) atoms. The number of imide groups is 1. The van der Waals surface area contributed by atoms with Gasteiger partial charge in [0.25, 0.3) is 11.1 Å². The van der Waals surface area contributed by atoms with Crippen LogP contribution in [0.2, 0.25) is 5.02 Å². The van der Waals surface area contributed by atoms with Gasteiger partial charge in [-0.05, 0) is 61.5 Å². The number of hydrogen-bond donors (Lipinski definition) is 0. The number of hydrogen-bond acceptors (Lipinski definition) is 5. The number of esters is 1. The number of halogens is 2. The second-order valence-electron chi connectivity index (χ2n) is 6.10. The van der Waals surface area contributed by atoms with Crippen molar-refractivity contribution in [1.82, 2.24) is 9.47 Å². The molecule has 0 saturated carbocycles. The summed E-state index contributed by atoms with van der Waals surface area (Å²) in [5.74, 6) is -1.72. The van der Waals surface area contributed by atoms with Crippen molar-refractivity contribution < 1.29 is 23.5 Å². The third-order valence-corrected chi connectivity index (χ3v) is 5.50. The number of methoxy groups -OCH3 is 1. The Hall–Kier alpha value is -2.58. The monoisotopic (exact) mass is 422 g/mol. The van der Waals surface area contributed by atoms with Crippen molar-refractivity contribution >= 4 is 46.6 Å². The lowest BCUT2D eigenvalue weighted by molar-refractivity contribution is -0.143. The van der Waals surface area contributed by atoms with Gasteiger partial charge in [-0.1, -0.05) is 11.6 Å². The van der Waals surface area contributed by atoms with Gasteiger partial charge in [-0.2, -0.15) is 0 Å². The Kier molecular flexibility index (Phi) is 5.62. The maximum Gasteiger partial charge on any atom is 0.325 e. The van der Waals surface area contributed by atoms with Crippen LogP contribution in [0.25, 0.3) is 11.8 Å². The van der Waals surface area contributed by atoms with E-state index in [1.54, 1.807) is 12.1 Å². The fraction of sp³-hybridized carbons (Fsp3) is 0.211. The van der Waals surface area contributed by atoms with Gasteiger partial charge in [0, 0.05) is 17.1 Å². The molecule has 0 atom stereocenters. The van der Waals surface area contributed by atoms with Gasteiger partial charge in [-0.15, -0.1) is 0 Å². The number of aromatic nitrogens is 1. The van der Waals surface area contributed by atoms with E-state index in [1.165, 1.54) is 19.2 Å². The van der Waals surface area contributed by atoms with Crippen molar-refractivity contribution in [3.8, 4) is 5.69 Å². The molecule has 1 fully saturated rings. The van der Waals surface area contributed by atoms with Crippen molar-refractivity contribution in [2.45, 2.75) is 13.8 Å². The fourth-order valence-corrected chi connectivity index (χ4v) is 3.93. The minimum Gasteiger partial charge on any atom is -0.468 e. The molecule has 0 aliphatic carbocycles. The number of thioether (sulfide) groups is 1. The van der Waals surface area contributed by atoms with Crippen molar-refractivity contribution in [3.05, 3.63) is 57.0 Å². The third-order valence-electron chi connectivity index (χ3n) is 4.31. The van der Waals surface area contributed by atoms with Crippen LogP contribution in [-0.2, 0) is 14.3 Å². The van der Waals surface area contributed by atoms with E-state index in [0.717, 1.165) is 33.6 Å². The number of benzene rings is 1. The summed E-state index contributed by atoms with van der Waals surface area (Å²) in [5, 5.41) is -0.517. The highest BCUT2D eigenvalue weighted by Crippen LogP contribution is 2.34. The van der Waals surface area contributed by atoms with Crippen molar-refractivity contribution in [3.63, 3.8) is 0 Å². The van der Waals surface area contributed by atoms with E-state index in [-0.39, 0.29) is 9.93 Å². The molecule has 0 bridgehead atoms. The minimum absolute atomic E-state index is 0.00970. The van der Waals surface area contributed by atoms with Gasteiger partial charge >= 0.3 is 5.97 Å². The lowest BCUT2D eigenvalue weighted by Gasteiger charge is -2.10. The number of ether oxygens (including phenoxy) is 1. The SMILES string of the molecule is COC(=O)CN1C(=O)S/C(=C/c2cc(C)n(-c3ccc(F)c(Cl)c3)c2C)C1=O. The highest BCUT2D eigenvalue weighted by Gasteiger charge is 2.36. The molecule has 2 aromatic rings. The molecular formula is C19H16ClFN2O4S. The summed E-state index contributed by atoms with van der Waals surface area (Å²) in [6, 6.07) is 6.26. The maximum absolute atomic E-state index is 13.5. The van der Waals surface area contributed by atoms with Crippen LogP contribution in [0.15, 0.2) is 29.2 Å². The van der Waals surface area contributed by atoms with Crippen molar-refractivity contribution in [1.29, 1.82) is 0 Å². The molecule has 1 aromatic heterocycles. The molecule has 3 rings (SSSR count). The Balaban J connectivity index is 1.95. The molecule has 0 unspecified atom stereocenters. The summed E-state index contributed by atoms with van der Waals surface area (Å²) in [6.45, 7) is 3.28. The van der Waals surface area contributed by atoms with Crippen LogP contribution in [-0.4, -0.2) is 40.2 Å². The Bertz CT molecular complexity index is 1030. The summed E-state index contributed by atoms with van der Waals surface area (Å²) in [7, 11) is 1.19. The number of nitrogens with zero attached hydrogens (tertiary/aromatic N) is 2. The van der Waals surface area contributed by atoms with Crippen LogP contribution in [0.4, 0.5) is 9.18 Å². The number of aryl methyl sites for hydroxylation is 1. The van der Waals surface area contributed by atoms with E-state index < -0.39 is 29.5 Å². The molecule has 0 radical (unpaired) electrons. The smallest absolute Gasteiger partial charge is 0.325 e. The molecule has 1 aliphatic rings. The zero-order valence-electron chi connectivity index (χ0n) is 15.3. The van der Waals surface area contributed by atoms with Crippen LogP contribution < -0.4 is 0 Å². The molecule has 9 heteroatoms. The summed E-state index contributed by atoms with van der Waals surface area (Å²) in [5.41, 5.74) is 3.04. The van der Waals surface area contributed by atoms with Crippen LogP contribution in [0.3, 0.4) is 0 Å². The van der Waals surface area contributed by atoms with E-state index >= 15 is 0 Å². The average Bonchev–Trinajstić information content (AvgIpc) is 3.07. The Morgan fingerprint density at radius 3 is 2.64 bits per heavy atom. The van der Waals surface area contributed by atoms with Gasteiger partial charge in [0.05, 0.1) is 17.0 Å². The first-order valence-corrected chi connectivity index (χ1v) is 9.39. The zero-order valence-corrected chi connectivity index (χ0v) is 16.9. The molecule has 1 saturated heterocycles. The molecule has 0 N–H and O–H groups in total. The van der Waals surface area contributed by atoms with Crippen LogP contribution in [0, 0.1) is 19.7 Å². The second-order valence-corrected chi connectivity index (χ2v) is 7.50. The largest absolute Gasteiger partial charge is 0.468 e. The standard InChI is InChI=1S/C19H16ClFN2O4S/c1-10-6-12(11(2)23(10)13-4-5-15(21)14(20)8-13)7-16-18(25)22(19(26)28-16)9-17(24)27-3/h4-8H,9H2,1-3H3/b16-7+. The van der Waals surface area contributed by atoms with Gasteiger partial charge in [-0.3, -0.25) is 19.3 Å². The summed E-state index contributed by atoms with van der Waals surface area (Å²) in [4.78, 5) is 37.0. The summed E-state index contributed by atoms with van der Waals surface area (Å²) >= 11 is 6.65. The quantitative estimate of drug-likeness (QED) is 0.548. The predicted molar refractivity (Wildman–Crippen MR) is 105 cm³/mol. The lowest BCUT2D eigenvalue weighted by atomic mass is 10.2. The van der Waals surface area contributed by atoms with Crippen LogP contribution in [0.1, 0.15) is 17.0 Å². The van der Waals surface area contributed by atoms with E-state index in [1.807, 2.05) is 24.5 Å². The average molecular weight is 423 g/mol. The number of amides is 2. The second kappa shape index (κ2) is 7.81. The Labute approximate surface area is 169 Å². The molecule has 146 valence electrons.